The molecule has 23 heavy (non-hydrogen) atoms. The standard InChI is InChI=1S/C11H27NO8P2.ClH/c1-12(2,8-4-5-10-20-3)9-6-7-11(13,21(14,15)16)22(17,18)19;/h13H,4-10H2,1-3H3,(H3-,14,15,16,17,18,19);1H. The van der Waals surface area contributed by atoms with Gasteiger partial charge in [-0.15, -0.1) is 0 Å². The molecule has 0 aromatic rings. The Kier molecular flexibility index (Phi) is 11.0. The smallest absolute Gasteiger partial charge is 0.369 e. The third-order valence-corrected chi connectivity index (χ3v) is 7.45. The van der Waals surface area contributed by atoms with Gasteiger partial charge in [-0.05, 0) is 12.8 Å². The molecule has 0 spiro atoms. The predicted octanol–water partition coefficient (Wildman–Crippen LogP) is -2.72. The quantitative estimate of drug-likeness (QED) is 0.143. The third kappa shape index (κ3) is 8.40. The molecule has 0 fully saturated rings. The lowest BCUT2D eigenvalue weighted by atomic mass is 10.2. The second-order valence-corrected chi connectivity index (χ2v) is 10.1. The van der Waals surface area contributed by atoms with Crippen LogP contribution in [0.5, 0.6) is 0 Å². The number of rotatable bonds is 11. The second kappa shape index (κ2) is 9.82. The van der Waals surface area contributed by atoms with E-state index in [1.165, 1.54) is 0 Å². The van der Waals surface area contributed by atoms with Crippen LogP contribution < -0.4 is 12.4 Å². The van der Waals surface area contributed by atoms with Gasteiger partial charge < -0.3 is 46.3 Å². The highest BCUT2D eigenvalue weighted by molar-refractivity contribution is 7.72. The van der Waals surface area contributed by atoms with Gasteiger partial charge in [0, 0.05) is 26.6 Å². The minimum atomic E-state index is -5.35. The van der Waals surface area contributed by atoms with Crippen molar-refractivity contribution in [2.24, 2.45) is 0 Å². The fraction of sp³-hybridized carbons (Fsp3) is 1.00. The molecule has 0 unspecified atom stereocenters. The van der Waals surface area contributed by atoms with Gasteiger partial charge in [-0.3, -0.25) is 9.13 Å². The summed E-state index contributed by atoms with van der Waals surface area (Å²) in [6, 6.07) is 0. The first kappa shape index (κ1) is 25.7. The topological polar surface area (TPSA) is 145 Å². The number of halogens is 1. The van der Waals surface area contributed by atoms with E-state index in [0.29, 0.717) is 17.6 Å². The molecule has 0 rings (SSSR count). The zero-order chi connectivity index (χ0) is 17.7. The summed E-state index contributed by atoms with van der Waals surface area (Å²) in [6.07, 6.45) is 1.18. The Morgan fingerprint density at radius 3 is 1.78 bits per heavy atom. The molecule has 0 aliphatic carbocycles. The highest BCUT2D eigenvalue weighted by atomic mass is 35.5. The van der Waals surface area contributed by atoms with E-state index < -0.39 is 26.7 Å². The largest absolute Gasteiger partial charge is 1.00 e. The lowest BCUT2D eigenvalue weighted by Gasteiger charge is -2.33. The number of methoxy groups -OCH3 is 1. The fourth-order valence-corrected chi connectivity index (χ4v) is 4.36. The van der Waals surface area contributed by atoms with E-state index in [-0.39, 0.29) is 18.8 Å². The number of hydrogen-bond donors (Lipinski definition) is 5. The van der Waals surface area contributed by atoms with Crippen LogP contribution in [0.15, 0.2) is 0 Å². The summed E-state index contributed by atoms with van der Waals surface area (Å²) < 4.78 is 27.9. The van der Waals surface area contributed by atoms with Crippen molar-refractivity contribution >= 4 is 15.2 Å². The van der Waals surface area contributed by atoms with Gasteiger partial charge in [0.15, 0.2) is 0 Å². The average Bonchev–Trinajstić information content (AvgIpc) is 2.31. The first-order valence-corrected chi connectivity index (χ1v) is 10.1. The summed E-state index contributed by atoms with van der Waals surface area (Å²) in [5.74, 6) is 0. The van der Waals surface area contributed by atoms with Gasteiger partial charge in [0.1, 0.15) is 0 Å². The Morgan fingerprint density at radius 2 is 1.39 bits per heavy atom. The predicted molar refractivity (Wildman–Crippen MR) is 81.2 cm³/mol. The molecular weight excluding hydrogens is 372 g/mol. The SMILES string of the molecule is COCCCC[N+](C)(C)CCCC(O)(P(=O)(O)O)P(=O)(O)O.[Cl-]. The van der Waals surface area contributed by atoms with Crippen LogP contribution in [-0.4, -0.2) is 75.1 Å². The van der Waals surface area contributed by atoms with Crippen molar-refractivity contribution in [1.82, 2.24) is 0 Å². The van der Waals surface area contributed by atoms with Gasteiger partial charge in [0.2, 0.25) is 0 Å². The molecule has 0 aliphatic rings. The van der Waals surface area contributed by atoms with E-state index in [0.717, 1.165) is 19.4 Å². The molecule has 142 valence electrons. The van der Waals surface area contributed by atoms with Crippen molar-refractivity contribution in [1.29, 1.82) is 0 Å². The van der Waals surface area contributed by atoms with Crippen LogP contribution in [0, 0.1) is 0 Å². The minimum Gasteiger partial charge on any atom is -1.00 e. The first-order chi connectivity index (χ1) is 9.77. The maximum atomic E-state index is 11.2. The van der Waals surface area contributed by atoms with Crippen LogP contribution in [0.4, 0.5) is 0 Å². The molecule has 9 nitrogen and oxygen atoms in total. The molecule has 0 aromatic heterocycles. The molecule has 5 N–H and O–H groups in total. The Morgan fingerprint density at radius 1 is 0.957 bits per heavy atom. The van der Waals surface area contributed by atoms with E-state index in [1.807, 2.05) is 14.1 Å². The van der Waals surface area contributed by atoms with Gasteiger partial charge in [-0.2, -0.15) is 0 Å². The molecular formula is C11H28ClNO8P2. The van der Waals surface area contributed by atoms with E-state index in [9.17, 15) is 14.2 Å². The minimum absolute atomic E-state index is 0. The van der Waals surface area contributed by atoms with E-state index in [2.05, 4.69) is 0 Å². The van der Waals surface area contributed by atoms with Crippen molar-refractivity contribution in [3.63, 3.8) is 0 Å². The van der Waals surface area contributed by atoms with Crippen molar-refractivity contribution in [2.45, 2.75) is 30.8 Å². The third-order valence-electron chi connectivity index (χ3n) is 3.57. The summed E-state index contributed by atoms with van der Waals surface area (Å²) >= 11 is 0. The highest BCUT2D eigenvalue weighted by Gasteiger charge is 2.58. The second-order valence-electron chi connectivity index (χ2n) is 6.05. The normalized spacial score (nSPS) is 13.7. The van der Waals surface area contributed by atoms with Crippen LogP contribution in [0.25, 0.3) is 0 Å². The Bertz CT molecular complexity index is 414. The van der Waals surface area contributed by atoms with E-state index in [4.69, 9.17) is 24.3 Å². The van der Waals surface area contributed by atoms with Crippen molar-refractivity contribution in [3.05, 3.63) is 0 Å². The lowest BCUT2D eigenvalue weighted by molar-refractivity contribution is -0.890. The van der Waals surface area contributed by atoms with Gasteiger partial charge in [-0.25, -0.2) is 0 Å². The van der Waals surface area contributed by atoms with E-state index in [1.54, 1.807) is 7.11 Å². The zero-order valence-corrected chi connectivity index (χ0v) is 16.2. The highest BCUT2D eigenvalue weighted by Crippen LogP contribution is 2.69. The Balaban J connectivity index is 0. The Labute approximate surface area is 143 Å². The zero-order valence-electron chi connectivity index (χ0n) is 13.6. The van der Waals surface area contributed by atoms with Gasteiger partial charge in [0.05, 0.1) is 27.2 Å². The molecule has 0 heterocycles. The summed E-state index contributed by atoms with van der Waals surface area (Å²) in [5, 5.41) is 6.47. The average molecular weight is 400 g/mol. The number of hydrogen-bond acceptors (Lipinski definition) is 4. The molecule has 0 atom stereocenters. The number of nitrogens with zero attached hydrogens (tertiary/aromatic N) is 1. The van der Waals surface area contributed by atoms with Crippen molar-refractivity contribution in [3.8, 4) is 0 Å². The van der Waals surface area contributed by atoms with Crippen molar-refractivity contribution in [2.75, 3.05) is 40.9 Å². The lowest BCUT2D eigenvalue weighted by Crippen LogP contribution is -3.00. The maximum absolute atomic E-state index is 11.2. The van der Waals surface area contributed by atoms with Gasteiger partial charge >= 0.3 is 15.2 Å². The maximum Gasteiger partial charge on any atom is 0.369 e. The molecule has 0 aliphatic heterocycles. The summed E-state index contributed by atoms with van der Waals surface area (Å²) in [5.41, 5.74) is 0. The van der Waals surface area contributed by atoms with Crippen LogP contribution in [0.1, 0.15) is 25.7 Å². The number of quaternary nitrogens is 1. The number of unbranched alkanes of at least 4 members (excludes halogenated alkanes) is 1. The number of aliphatic hydroxyl groups is 1. The van der Waals surface area contributed by atoms with Crippen LogP contribution in [0.3, 0.4) is 0 Å². The molecule has 12 heteroatoms. The van der Waals surface area contributed by atoms with Crippen LogP contribution >= 0.6 is 15.2 Å². The molecule has 0 saturated heterocycles. The molecule has 0 bridgehead atoms. The van der Waals surface area contributed by atoms with Gasteiger partial charge in [0.25, 0.3) is 5.08 Å². The summed E-state index contributed by atoms with van der Waals surface area (Å²) in [6.45, 7) is 1.86. The van der Waals surface area contributed by atoms with Crippen LogP contribution in [-0.2, 0) is 13.9 Å². The van der Waals surface area contributed by atoms with E-state index >= 15 is 0 Å². The van der Waals surface area contributed by atoms with Gasteiger partial charge in [-0.1, -0.05) is 0 Å². The molecule has 0 saturated carbocycles. The first-order valence-electron chi connectivity index (χ1n) is 6.91. The molecule has 0 amide bonds. The Hall–Kier alpha value is 0.470. The molecule has 0 aromatic carbocycles. The fourth-order valence-electron chi connectivity index (χ4n) is 2.10. The monoisotopic (exact) mass is 399 g/mol. The van der Waals surface area contributed by atoms with Crippen molar-refractivity contribution < 1.29 is 55.4 Å². The summed E-state index contributed by atoms with van der Waals surface area (Å²) in [7, 11) is -5.28. The number of ether oxygens (including phenoxy) is 1. The summed E-state index contributed by atoms with van der Waals surface area (Å²) in [4.78, 5) is 36.2. The molecule has 0 radical (unpaired) electrons. The van der Waals surface area contributed by atoms with Crippen LogP contribution in [0.2, 0.25) is 0 Å².